The van der Waals surface area contributed by atoms with E-state index in [4.69, 9.17) is 9.47 Å². The van der Waals surface area contributed by atoms with Crippen molar-refractivity contribution >= 4 is 23.6 Å². The first-order valence-corrected chi connectivity index (χ1v) is 7.92. The lowest BCUT2D eigenvalue weighted by molar-refractivity contribution is -0.142. The third kappa shape index (κ3) is 7.60. The summed E-state index contributed by atoms with van der Waals surface area (Å²) in [5.74, 6) is 0.743. The maximum absolute atomic E-state index is 11.6. The van der Waals surface area contributed by atoms with Crippen molar-refractivity contribution in [2.45, 2.75) is 25.2 Å². The summed E-state index contributed by atoms with van der Waals surface area (Å²) in [5, 5.41) is 2.69. The largest absolute Gasteiger partial charge is 0.494 e. The van der Waals surface area contributed by atoms with Gasteiger partial charge in [0, 0.05) is 11.4 Å². The van der Waals surface area contributed by atoms with Gasteiger partial charge in [-0.3, -0.25) is 9.59 Å². The Morgan fingerprint density at radius 1 is 1.14 bits per heavy atom. The molecule has 0 radical (unpaired) electrons. The molecule has 1 amide bonds. The molecule has 6 heteroatoms. The molecule has 0 saturated carbocycles. The number of esters is 1. The molecule has 0 spiro atoms. The Morgan fingerprint density at radius 3 is 2.48 bits per heavy atom. The minimum Gasteiger partial charge on any atom is -0.494 e. The normalized spacial score (nSPS) is 10.0. The summed E-state index contributed by atoms with van der Waals surface area (Å²) in [7, 11) is 0. The second kappa shape index (κ2) is 10.1. The van der Waals surface area contributed by atoms with E-state index in [0.29, 0.717) is 25.5 Å². The van der Waals surface area contributed by atoms with Gasteiger partial charge < -0.3 is 14.8 Å². The van der Waals surface area contributed by atoms with E-state index in [9.17, 15) is 9.59 Å². The maximum Gasteiger partial charge on any atom is 0.307 e. The Kier molecular flexibility index (Phi) is 8.35. The zero-order chi connectivity index (χ0) is 15.5. The molecule has 1 N–H and O–H groups in total. The van der Waals surface area contributed by atoms with Crippen molar-refractivity contribution < 1.29 is 19.1 Å². The number of benzene rings is 1. The minimum atomic E-state index is -0.294. The summed E-state index contributed by atoms with van der Waals surface area (Å²) in [5.41, 5.74) is 0. The standard InChI is InChI=1S/C15H21NO4S/c1-3-19-12-5-7-13(8-6-12)21-11-14(17)16-10-9-15(18)20-4-2/h5-8H,3-4,9-11H2,1-2H3,(H,16,17). The van der Waals surface area contributed by atoms with E-state index in [-0.39, 0.29) is 18.3 Å². The number of carbonyl (C=O) groups is 2. The average Bonchev–Trinajstić information content (AvgIpc) is 2.47. The molecule has 0 heterocycles. The molecule has 116 valence electrons. The molecule has 0 unspecified atom stereocenters. The van der Waals surface area contributed by atoms with Crippen LogP contribution >= 0.6 is 11.8 Å². The highest BCUT2D eigenvalue weighted by atomic mass is 32.2. The van der Waals surface area contributed by atoms with Gasteiger partial charge >= 0.3 is 5.97 Å². The highest BCUT2D eigenvalue weighted by Crippen LogP contribution is 2.21. The quantitative estimate of drug-likeness (QED) is 0.560. The number of rotatable bonds is 9. The number of thioether (sulfide) groups is 1. The second-order valence-corrected chi connectivity index (χ2v) is 5.15. The first kappa shape index (κ1) is 17.4. The Morgan fingerprint density at radius 2 is 1.86 bits per heavy atom. The summed E-state index contributed by atoms with van der Waals surface area (Å²) in [6.45, 7) is 4.99. The number of nitrogens with one attached hydrogen (secondary N) is 1. The molecular weight excluding hydrogens is 290 g/mol. The van der Waals surface area contributed by atoms with Gasteiger partial charge in [0.2, 0.25) is 5.91 Å². The lowest BCUT2D eigenvalue weighted by Gasteiger charge is -2.06. The SMILES string of the molecule is CCOC(=O)CCNC(=O)CSc1ccc(OCC)cc1. The highest BCUT2D eigenvalue weighted by molar-refractivity contribution is 8.00. The van der Waals surface area contributed by atoms with Crippen molar-refractivity contribution in [1.29, 1.82) is 0 Å². The van der Waals surface area contributed by atoms with E-state index < -0.39 is 0 Å². The Balaban J connectivity index is 2.21. The molecule has 0 aromatic heterocycles. The topological polar surface area (TPSA) is 64.6 Å². The van der Waals surface area contributed by atoms with Crippen molar-refractivity contribution in [2.75, 3.05) is 25.5 Å². The second-order valence-electron chi connectivity index (χ2n) is 4.10. The fraction of sp³-hybridized carbons (Fsp3) is 0.467. The zero-order valence-corrected chi connectivity index (χ0v) is 13.2. The van der Waals surface area contributed by atoms with Crippen LogP contribution in [0.1, 0.15) is 20.3 Å². The van der Waals surface area contributed by atoms with Gasteiger partial charge in [-0.1, -0.05) is 0 Å². The predicted molar refractivity (Wildman–Crippen MR) is 82.6 cm³/mol. The van der Waals surface area contributed by atoms with Crippen LogP contribution in [0.4, 0.5) is 0 Å². The summed E-state index contributed by atoms with van der Waals surface area (Å²) in [6, 6.07) is 7.60. The third-order valence-corrected chi connectivity index (χ3v) is 3.47. The predicted octanol–water partition coefficient (Wildman–Crippen LogP) is 2.25. The molecule has 1 aromatic carbocycles. The van der Waals surface area contributed by atoms with E-state index in [0.717, 1.165) is 10.6 Å². The van der Waals surface area contributed by atoms with E-state index in [2.05, 4.69) is 5.32 Å². The lowest BCUT2D eigenvalue weighted by Crippen LogP contribution is -2.28. The smallest absolute Gasteiger partial charge is 0.307 e. The fourth-order valence-electron chi connectivity index (χ4n) is 1.54. The van der Waals surface area contributed by atoms with Gasteiger partial charge in [0.25, 0.3) is 0 Å². The van der Waals surface area contributed by atoms with Gasteiger partial charge in [0.15, 0.2) is 0 Å². The van der Waals surface area contributed by atoms with E-state index >= 15 is 0 Å². The molecule has 0 atom stereocenters. The van der Waals surface area contributed by atoms with Crippen molar-refractivity contribution in [3.8, 4) is 5.75 Å². The molecule has 0 bridgehead atoms. The van der Waals surface area contributed by atoms with Gasteiger partial charge in [-0.25, -0.2) is 0 Å². The van der Waals surface area contributed by atoms with Crippen LogP contribution in [0, 0.1) is 0 Å². The van der Waals surface area contributed by atoms with Crippen molar-refractivity contribution in [3.63, 3.8) is 0 Å². The number of carbonyl (C=O) groups excluding carboxylic acids is 2. The van der Waals surface area contributed by atoms with Gasteiger partial charge in [0.1, 0.15) is 5.75 Å². The number of amides is 1. The van der Waals surface area contributed by atoms with Crippen molar-refractivity contribution in [3.05, 3.63) is 24.3 Å². The van der Waals surface area contributed by atoms with Crippen LogP contribution in [-0.4, -0.2) is 37.4 Å². The first-order chi connectivity index (χ1) is 10.2. The molecule has 5 nitrogen and oxygen atoms in total. The maximum atomic E-state index is 11.6. The van der Waals surface area contributed by atoms with Crippen molar-refractivity contribution in [1.82, 2.24) is 5.32 Å². The fourth-order valence-corrected chi connectivity index (χ4v) is 2.26. The number of ether oxygens (including phenoxy) is 2. The van der Waals surface area contributed by atoms with E-state index in [1.54, 1.807) is 6.92 Å². The Hall–Kier alpha value is -1.69. The number of hydrogen-bond acceptors (Lipinski definition) is 5. The van der Waals surface area contributed by atoms with Gasteiger partial charge in [0.05, 0.1) is 25.4 Å². The molecule has 0 aliphatic heterocycles. The summed E-state index contributed by atoms with van der Waals surface area (Å²) >= 11 is 1.44. The van der Waals surface area contributed by atoms with Crippen LogP contribution in [0.3, 0.4) is 0 Å². The molecule has 21 heavy (non-hydrogen) atoms. The Bertz CT molecular complexity index is 447. The van der Waals surface area contributed by atoms with Crippen LogP contribution in [0.15, 0.2) is 29.2 Å². The zero-order valence-electron chi connectivity index (χ0n) is 12.4. The molecular formula is C15H21NO4S. The summed E-state index contributed by atoms with van der Waals surface area (Å²) in [4.78, 5) is 23.7. The molecule has 0 fully saturated rings. The third-order valence-electron chi connectivity index (χ3n) is 2.46. The van der Waals surface area contributed by atoms with Crippen LogP contribution in [-0.2, 0) is 14.3 Å². The van der Waals surface area contributed by atoms with Gasteiger partial charge in [-0.15, -0.1) is 11.8 Å². The van der Waals surface area contributed by atoms with Crippen LogP contribution < -0.4 is 10.1 Å². The lowest BCUT2D eigenvalue weighted by atomic mass is 10.3. The summed E-state index contributed by atoms with van der Waals surface area (Å²) < 4.78 is 10.1. The molecule has 1 rings (SSSR count). The highest BCUT2D eigenvalue weighted by Gasteiger charge is 2.05. The average molecular weight is 311 g/mol. The monoisotopic (exact) mass is 311 g/mol. The minimum absolute atomic E-state index is 0.0989. The molecule has 1 aromatic rings. The van der Waals surface area contributed by atoms with E-state index in [1.807, 2.05) is 31.2 Å². The molecule has 0 aliphatic rings. The molecule has 0 aliphatic carbocycles. The summed E-state index contributed by atoms with van der Waals surface area (Å²) in [6.07, 6.45) is 0.202. The van der Waals surface area contributed by atoms with Gasteiger partial charge in [-0.2, -0.15) is 0 Å². The van der Waals surface area contributed by atoms with Crippen LogP contribution in [0.2, 0.25) is 0 Å². The van der Waals surface area contributed by atoms with Crippen LogP contribution in [0.5, 0.6) is 5.75 Å². The van der Waals surface area contributed by atoms with Gasteiger partial charge in [-0.05, 0) is 38.1 Å². The van der Waals surface area contributed by atoms with Crippen molar-refractivity contribution in [2.24, 2.45) is 0 Å². The Labute approximate surface area is 129 Å². The van der Waals surface area contributed by atoms with E-state index in [1.165, 1.54) is 11.8 Å². The first-order valence-electron chi connectivity index (χ1n) is 6.93. The van der Waals surface area contributed by atoms with Crippen LogP contribution in [0.25, 0.3) is 0 Å². The number of hydrogen-bond donors (Lipinski definition) is 1. The molecule has 0 saturated heterocycles.